The van der Waals surface area contributed by atoms with Crippen LogP contribution in [-0.2, 0) is 22.6 Å². The number of carbonyl (C=O) groups is 2. The number of hydrogen-bond acceptors (Lipinski definition) is 3. The fourth-order valence-electron chi connectivity index (χ4n) is 3.69. The van der Waals surface area contributed by atoms with Crippen LogP contribution in [0.1, 0.15) is 30.9 Å². The fraction of sp³-hybridized carbons (Fsp3) is 0.286. The van der Waals surface area contributed by atoms with Gasteiger partial charge < -0.3 is 10.2 Å². The van der Waals surface area contributed by atoms with Crippen molar-refractivity contribution in [3.05, 3.63) is 99.0 Å². The summed E-state index contributed by atoms with van der Waals surface area (Å²) in [5.74, 6) is 0.307. The van der Waals surface area contributed by atoms with Gasteiger partial charge in [-0.25, -0.2) is 0 Å². The van der Waals surface area contributed by atoms with E-state index in [1.54, 1.807) is 28.8 Å². The maximum Gasteiger partial charge on any atom is 0.243 e. The van der Waals surface area contributed by atoms with Crippen molar-refractivity contribution >= 4 is 58.4 Å². The van der Waals surface area contributed by atoms with Crippen molar-refractivity contribution in [2.24, 2.45) is 0 Å². The van der Waals surface area contributed by atoms with Gasteiger partial charge in [-0.05, 0) is 53.9 Å². The molecule has 1 atom stereocenters. The van der Waals surface area contributed by atoms with Gasteiger partial charge in [0.25, 0.3) is 0 Å². The first-order valence-electron chi connectivity index (χ1n) is 11.8. The van der Waals surface area contributed by atoms with Crippen LogP contribution in [0.5, 0.6) is 0 Å². The van der Waals surface area contributed by atoms with Crippen LogP contribution in [0.15, 0.2) is 77.7 Å². The van der Waals surface area contributed by atoms with E-state index in [1.807, 2.05) is 67.6 Å². The summed E-state index contributed by atoms with van der Waals surface area (Å²) >= 11 is 19.9. The van der Waals surface area contributed by atoms with Crippen molar-refractivity contribution in [2.75, 3.05) is 12.3 Å². The van der Waals surface area contributed by atoms with Crippen molar-refractivity contribution in [2.45, 2.75) is 43.7 Å². The van der Waals surface area contributed by atoms with Crippen LogP contribution >= 0.6 is 46.6 Å². The maximum absolute atomic E-state index is 13.6. The lowest BCUT2D eigenvalue weighted by Gasteiger charge is -2.31. The standard InChI is InChI=1S/C28H29Cl3N2O2S/c1-2-15-32-28(35)26(18-20-6-4-3-5-7-20)33(19-21-8-13-24(30)25(31)17-21)27(34)14-16-36-23-11-9-22(29)10-12-23/h3-13,17,26H,2,14-16,18-19H2,1H3,(H,32,35). The average Bonchev–Trinajstić information content (AvgIpc) is 2.88. The van der Waals surface area contributed by atoms with Gasteiger partial charge in [-0.15, -0.1) is 11.8 Å². The van der Waals surface area contributed by atoms with E-state index in [0.29, 0.717) is 33.8 Å². The van der Waals surface area contributed by atoms with Crippen molar-refractivity contribution in [1.82, 2.24) is 10.2 Å². The molecule has 0 spiro atoms. The summed E-state index contributed by atoms with van der Waals surface area (Å²) in [6.07, 6.45) is 1.50. The first-order valence-corrected chi connectivity index (χ1v) is 13.9. The average molecular weight is 564 g/mol. The molecule has 0 fully saturated rings. The number of thioether (sulfide) groups is 1. The molecule has 3 rings (SSSR count). The van der Waals surface area contributed by atoms with E-state index in [9.17, 15) is 9.59 Å². The highest BCUT2D eigenvalue weighted by Crippen LogP contribution is 2.26. The predicted molar refractivity (Wildman–Crippen MR) is 151 cm³/mol. The second kappa shape index (κ2) is 14.5. The van der Waals surface area contributed by atoms with E-state index in [4.69, 9.17) is 34.8 Å². The van der Waals surface area contributed by atoms with Crippen molar-refractivity contribution < 1.29 is 9.59 Å². The molecule has 0 aliphatic heterocycles. The number of amides is 2. The molecule has 0 saturated heterocycles. The Hall–Kier alpha value is -2.18. The topological polar surface area (TPSA) is 49.4 Å². The highest BCUT2D eigenvalue weighted by atomic mass is 35.5. The van der Waals surface area contributed by atoms with Crippen LogP contribution in [0, 0.1) is 0 Å². The normalized spacial score (nSPS) is 11.7. The molecule has 36 heavy (non-hydrogen) atoms. The van der Waals surface area contributed by atoms with Crippen molar-refractivity contribution in [3.63, 3.8) is 0 Å². The lowest BCUT2D eigenvalue weighted by Crippen LogP contribution is -2.50. The molecule has 0 aliphatic rings. The van der Waals surface area contributed by atoms with Gasteiger partial charge in [0, 0.05) is 41.6 Å². The van der Waals surface area contributed by atoms with E-state index < -0.39 is 6.04 Å². The van der Waals surface area contributed by atoms with Crippen LogP contribution in [0.4, 0.5) is 0 Å². The molecule has 0 heterocycles. The highest BCUT2D eigenvalue weighted by Gasteiger charge is 2.30. The second-order valence-electron chi connectivity index (χ2n) is 8.32. The number of halogens is 3. The van der Waals surface area contributed by atoms with Gasteiger partial charge >= 0.3 is 0 Å². The molecule has 0 radical (unpaired) electrons. The molecule has 0 bridgehead atoms. The zero-order valence-corrected chi connectivity index (χ0v) is 23.1. The molecule has 2 amide bonds. The van der Waals surface area contributed by atoms with Crippen molar-refractivity contribution in [3.8, 4) is 0 Å². The van der Waals surface area contributed by atoms with Crippen LogP contribution in [0.25, 0.3) is 0 Å². The molecule has 0 saturated carbocycles. The summed E-state index contributed by atoms with van der Waals surface area (Å²) in [6, 6.07) is 21.9. The lowest BCUT2D eigenvalue weighted by molar-refractivity contribution is -0.141. The van der Waals surface area contributed by atoms with Gasteiger partial charge in [0.15, 0.2) is 0 Å². The first-order chi connectivity index (χ1) is 17.4. The summed E-state index contributed by atoms with van der Waals surface area (Å²) in [4.78, 5) is 29.6. The quantitative estimate of drug-likeness (QED) is 0.235. The third kappa shape index (κ3) is 8.74. The molecule has 3 aromatic rings. The van der Waals surface area contributed by atoms with Crippen molar-refractivity contribution in [1.29, 1.82) is 0 Å². The minimum Gasteiger partial charge on any atom is -0.354 e. The van der Waals surface area contributed by atoms with Crippen LogP contribution in [0.3, 0.4) is 0 Å². The Balaban J connectivity index is 1.84. The summed E-state index contributed by atoms with van der Waals surface area (Å²) in [7, 11) is 0. The van der Waals surface area contributed by atoms with Gasteiger partial charge in [-0.3, -0.25) is 9.59 Å². The van der Waals surface area contributed by atoms with E-state index in [0.717, 1.165) is 22.4 Å². The Labute approximate surface area is 232 Å². The molecule has 1 unspecified atom stereocenters. The van der Waals surface area contributed by atoms with Gasteiger partial charge in [-0.1, -0.05) is 78.1 Å². The van der Waals surface area contributed by atoms with Crippen LogP contribution in [-0.4, -0.2) is 35.1 Å². The van der Waals surface area contributed by atoms with E-state index in [-0.39, 0.29) is 24.8 Å². The largest absolute Gasteiger partial charge is 0.354 e. The molecule has 1 N–H and O–H groups in total. The second-order valence-corrected chi connectivity index (χ2v) is 10.7. The smallest absolute Gasteiger partial charge is 0.243 e. The molecule has 4 nitrogen and oxygen atoms in total. The summed E-state index contributed by atoms with van der Waals surface area (Å²) in [6.45, 7) is 2.79. The zero-order chi connectivity index (χ0) is 25.9. The number of rotatable bonds is 12. The first kappa shape index (κ1) is 28.4. The SMILES string of the molecule is CCCNC(=O)C(Cc1ccccc1)N(Cc1ccc(Cl)c(Cl)c1)C(=O)CCSc1ccc(Cl)cc1. The maximum atomic E-state index is 13.6. The summed E-state index contributed by atoms with van der Waals surface area (Å²) < 4.78 is 0. The molecule has 0 aromatic heterocycles. The Morgan fingerprint density at radius 2 is 1.64 bits per heavy atom. The Kier molecular flexibility index (Phi) is 11.5. The third-order valence-electron chi connectivity index (χ3n) is 5.56. The Bertz CT molecular complexity index is 1140. The minimum absolute atomic E-state index is 0.102. The highest BCUT2D eigenvalue weighted by molar-refractivity contribution is 7.99. The monoisotopic (exact) mass is 562 g/mol. The molecular weight excluding hydrogens is 535 g/mol. The molecule has 0 aliphatic carbocycles. The van der Waals surface area contributed by atoms with Crippen LogP contribution < -0.4 is 5.32 Å². The molecule has 3 aromatic carbocycles. The molecule has 190 valence electrons. The van der Waals surface area contributed by atoms with E-state index in [1.165, 1.54) is 0 Å². The zero-order valence-electron chi connectivity index (χ0n) is 20.1. The number of benzene rings is 3. The van der Waals surface area contributed by atoms with Gasteiger partial charge in [0.1, 0.15) is 6.04 Å². The lowest BCUT2D eigenvalue weighted by atomic mass is 10.0. The van der Waals surface area contributed by atoms with Gasteiger partial charge in [0.05, 0.1) is 10.0 Å². The summed E-state index contributed by atoms with van der Waals surface area (Å²) in [5, 5.41) is 4.51. The molecular formula is C28H29Cl3N2O2S. The predicted octanol–water partition coefficient (Wildman–Crippen LogP) is 7.30. The summed E-state index contributed by atoms with van der Waals surface area (Å²) in [5.41, 5.74) is 1.79. The van der Waals surface area contributed by atoms with E-state index >= 15 is 0 Å². The fourth-order valence-corrected chi connectivity index (χ4v) is 4.97. The van der Waals surface area contributed by atoms with E-state index in [2.05, 4.69) is 5.32 Å². The number of nitrogens with zero attached hydrogens (tertiary/aromatic N) is 1. The van der Waals surface area contributed by atoms with Gasteiger partial charge in [0.2, 0.25) is 11.8 Å². The number of carbonyl (C=O) groups excluding carboxylic acids is 2. The Morgan fingerprint density at radius 1 is 0.917 bits per heavy atom. The number of nitrogens with one attached hydrogen (secondary N) is 1. The Morgan fingerprint density at radius 3 is 2.31 bits per heavy atom. The van der Waals surface area contributed by atoms with Crippen LogP contribution in [0.2, 0.25) is 15.1 Å². The van der Waals surface area contributed by atoms with Gasteiger partial charge in [-0.2, -0.15) is 0 Å². The number of hydrogen-bond donors (Lipinski definition) is 1. The molecule has 8 heteroatoms. The minimum atomic E-state index is -0.665. The third-order valence-corrected chi connectivity index (χ3v) is 7.56.